The molecule has 0 aliphatic heterocycles. The van der Waals surface area contributed by atoms with Gasteiger partial charge in [-0.1, -0.05) is 41.9 Å². The van der Waals surface area contributed by atoms with E-state index in [-0.39, 0.29) is 11.5 Å². The Kier molecular flexibility index (Phi) is 7.92. The molecule has 0 saturated heterocycles. The number of hydrogen-bond acceptors (Lipinski definition) is 5. The number of carbonyl (C=O) groups excluding carboxylic acids is 1. The number of benzene rings is 3. The Bertz CT molecular complexity index is 1120. The van der Waals surface area contributed by atoms with Gasteiger partial charge in [-0.15, -0.1) is 0 Å². The highest BCUT2D eigenvalue weighted by molar-refractivity contribution is 7.80. The summed E-state index contributed by atoms with van der Waals surface area (Å²) in [6, 6.07) is 18.1. The number of anilines is 1. The first-order chi connectivity index (χ1) is 15.5. The number of rotatable bonds is 8. The van der Waals surface area contributed by atoms with Crippen LogP contribution in [0.15, 0.2) is 60.7 Å². The smallest absolute Gasteiger partial charge is 0.204 e. The Hall–Kier alpha value is -3.29. The Morgan fingerprint density at radius 2 is 1.59 bits per heavy atom. The molecule has 3 rings (SSSR count). The minimum Gasteiger partial charge on any atom is -0.493 e. The molecule has 0 unspecified atom stereocenters. The lowest BCUT2D eigenvalue weighted by atomic mass is 10.00. The maximum absolute atomic E-state index is 13.5. The van der Waals surface area contributed by atoms with Gasteiger partial charge in [0.25, 0.3) is 0 Å². The van der Waals surface area contributed by atoms with Gasteiger partial charge in [-0.05, 0) is 48.1 Å². The highest BCUT2D eigenvalue weighted by Crippen LogP contribution is 2.41. The lowest BCUT2D eigenvalue weighted by molar-refractivity contribution is 0.103. The fourth-order valence-electron chi connectivity index (χ4n) is 3.19. The molecular weight excluding hydrogens is 448 g/mol. The van der Waals surface area contributed by atoms with E-state index in [0.717, 1.165) is 5.56 Å². The molecule has 0 spiro atoms. The number of thiocarbonyl (C=S) groups is 1. The normalized spacial score (nSPS) is 10.2. The van der Waals surface area contributed by atoms with Crippen LogP contribution in [0.2, 0.25) is 5.02 Å². The molecule has 3 aromatic carbocycles. The minimum atomic E-state index is -0.284. The van der Waals surface area contributed by atoms with E-state index in [1.807, 2.05) is 30.3 Å². The van der Waals surface area contributed by atoms with Crippen molar-refractivity contribution < 1.29 is 19.0 Å². The summed E-state index contributed by atoms with van der Waals surface area (Å²) in [7, 11) is 4.47. The molecule has 3 aromatic rings. The van der Waals surface area contributed by atoms with Crippen LogP contribution in [0.1, 0.15) is 21.5 Å². The molecule has 0 bridgehead atoms. The summed E-state index contributed by atoms with van der Waals surface area (Å²) in [4.78, 5) is 13.5. The lowest BCUT2D eigenvalue weighted by Gasteiger charge is -2.17. The number of ether oxygens (including phenoxy) is 3. The molecule has 0 aromatic heterocycles. The molecule has 0 amide bonds. The van der Waals surface area contributed by atoms with Crippen molar-refractivity contribution in [1.29, 1.82) is 0 Å². The van der Waals surface area contributed by atoms with Crippen LogP contribution in [0, 0.1) is 0 Å². The van der Waals surface area contributed by atoms with Crippen LogP contribution in [0.3, 0.4) is 0 Å². The minimum absolute atomic E-state index is 0.280. The third-order valence-electron chi connectivity index (χ3n) is 4.72. The van der Waals surface area contributed by atoms with Gasteiger partial charge in [0.1, 0.15) is 0 Å². The molecule has 8 heteroatoms. The standard InChI is InChI=1S/C24H23ClN2O4S/c1-29-20-12-11-18(22(30-2)23(20)31-3)21(28)17-10-9-16(25)13-19(17)27-24(32)26-14-15-7-5-4-6-8-15/h4-13H,14H2,1-3H3,(H2,26,27,32). The van der Waals surface area contributed by atoms with Gasteiger partial charge in [0.2, 0.25) is 5.75 Å². The van der Waals surface area contributed by atoms with Crippen LogP contribution in [0.4, 0.5) is 5.69 Å². The van der Waals surface area contributed by atoms with Gasteiger partial charge in [0.05, 0.1) is 32.6 Å². The molecular formula is C24H23ClN2O4S. The zero-order valence-corrected chi connectivity index (χ0v) is 19.5. The molecule has 166 valence electrons. The monoisotopic (exact) mass is 470 g/mol. The quantitative estimate of drug-likeness (QED) is 0.351. The number of hydrogen-bond donors (Lipinski definition) is 2. The second-order valence-electron chi connectivity index (χ2n) is 6.69. The van der Waals surface area contributed by atoms with E-state index in [2.05, 4.69) is 10.6 Å². The molecule has 2 N–H and O–H groups in total. The fraction of sp³-hybridized carbons (Fsp3) is 0.167. The summed E-state index contributed by atoms with van der Waals surface area (Å²) >= 11 is 11.6. The number of carbonyl (C=O) groups is 1. The van der Waals surface area contributed by atoms with Crippen molar-refractivity contribution in [2.45, 2.75) is 6.54 Å². The Labute approximate surface area is 197 Å². The van der Waals surface area contributed by atoms with Crippen LogP contribution >= 0.6 is 23.8 Å². The number of halogens is 1. The highest BCUT2D eigenvalue weighted by Gasteiger charge is 2.23. The summed E-state index contributed by atoms with van der Waals surface area (Å²) in [5, 5.41) is 7.04. The number of nitrogens with one attached hydrogen (secondary N) is 2. The van der Waals surface area contributed by atoms with Crippen molar-refractivity contribution in [2.24, 2.45) is 0 Å². The summed E-state index contributed by atoms with van der Waals surface area (Å²) in [5.74, 6) is 0.793. The van der Waals surface area contributed by atoms with Gasteiger partial charge >= 0.3 is 0 Å². The van der Waals surface area contributed by atoms with E-state index in [1.54, 1.807) is 30.3 Å². The second kappa shape index (κ2) is 10.8. The summed E-state index contributed by atoms with van der Waals surface area (Å²) in [6.07, 6.45) is 0. The van der Waals surface area contributed by atoms with E-state index in [1.165, 1.54) is 21.3 Å². The second-order valence-corrected chi connectivity index (χ2v) is 7.54. The van der Waals surface area contributed by atoms with Crippen LogP contribution < -0.4 is 24.8 Å². The maximum Gasteiger partial charge on any atom is 0.204 e. The van der Waals surface area contributed by atoms with Crippen LogP contribution in [-0.2, 0) is 6.54 Å². The Balaban J connectivity index is 1.89. The molecule has 0 aliphatic carbocycles. The number of methoxy groups -OCH3 is 3. The topological polar surface area (TPSA) is 68.8 Å². The van der Waals surface area contributed by atoms with Crippen molar-refractivity contribution in [2.75, 3.05) is 26.6 Å². The molecule has 0 saturated carbocycles. The first-order valence-corrected chi connectivity index (χ1v) is 10.5. The van der Waals surface area contributed by atoms with Gasteiger partial charge in [-0.3, -0.25) is 4.79 Å². The van der Waals surface area contributed by atoms with Gasteiger partial charge in [-0.25, -0.2) is 0 Å². The van der Waals surface area contributed by atoms with Gasteiger partial charge in [0, 0.05) is 17.1 Å². The van der Waals surface area contributed by atoms with E-state index in [4.69, 9.17) is 38.0 Å². The molecule has 0 fully saturated rings. The predicted octanol–water partition coefficient (Wildman–Crippen LogP) is 5.08. The first kappa shape index (κ1) is 23.4. The third kappa shape index (κ3) is 5.30. The first-order valence-electron chi connectivity index (χ1n) is 9.70. The van der Waals surface area contributed by atoms with E-state index in [9.17, 15) is 4.79 Å². The maximum atomic E-state index is 13.5. The SMILES string of the molecule is COc1ccc(C(=O)c2ccc(Cl)cc2NC(=S)NCc2ccccc2)c(OC)c1OC. The van der Waals surface area contributed by atoms with Gasteiger partial charge in [-0.2, -0.15) is 0 Å². The summed E-state index contributed by atoms with van der Waals surface area (Å²) in [5.41, 5.74) is 2.25. The van der Waals surface area contributed by atoms with Crippen molar-refractivity contribution in [3.63, 3.8) is 0 Å². The van der Waals surface area contributed by atoms with E-state index < -0.39 is 0 Å². The third-order valence-corrected chi connectivity index (χ3v) is 5.20. The zero-order valence-electron chi connectivity index (χ0n) is 17.9. The van der Waals surface area contributed by atoms with Crippen molar-refractivity contribution in [1.82, 2.24) is 5.32 Å². The fourth-order valence-corrected chi connectivity index (χ4v) is 3.54. The van der Waals surface area contributed by atoms with Gasteiger partial charge in [0.15, 0.2) is 22.4 Å². The van der Waals surface area contributed by atoms with E-state index >= 15 is 0 Å². The lowest BCUT2D eigenvalue weighted by Crippen LogP contribution is -2.28. The molecule has 0 atom stereocenters. The zero-order chi connectivity index (χ0) is 23.1. The summed E-state index contributed by atoms with van der Waals surface area (Å²) < 4.78 is 16.2. The average molecular weight is 471 g/mol. The Morgan fingerprint density at radius 3 is 2.25 bits per heavy atom. The molecule has 0 radical (unpaired) electrons. The predicted molar refractivity (Wildman–Crippen MR) is 130 cm³/mol. The molecule has 32 heavy (non-hydrogen) atoms. The largest absolute Gasteiger partial charge is 0.493 e. The number of ketones is 1. The van der Waals surface area contributed by atoms with Crippen molar-refractivity contribution in [3.05, 3.63) is 82.4 Å². The molecule has 6 nitrogen and oxygen atoms in total. The average Bonchev–Trinajstić information content (AvgIpc) is 2.82. The molecule has 0 aliphatic rings. The van der Waals surface area contributed by atoms with E-state index in [0.29, 0.717) is 45.0 Å². The van der Waals surface area contributed by atoms with Gasteiger partial charge < -0.3 is 24.8 Å². The molecule has 0 heterocycles. The van der Waals surface area contributed by atoms with Crippen LogP contribution in [-0.4, -0.2) is 32.2 Å². The highest BCUT2D eigenvalue weighted by atomic mass is 35.5. The van der Waals surface area contributed by atoms with Crippen molar-refractivity contribution >= 4 is 40.4 Å². The Morgan fingerprint density at radius 1 is 0.906 bits per heavy atom. The van der Waals surface area contributed by atoms with Crippen LogP contribution in [0.5, 0.6) is 17.2 Å². The van der Waals surface area contributed by atoms with Crippen molar-refractivity contribution in [3.8, 4) is 17.2 Å². The van der Waals surface area contributed by atoms with Crippen LogP contribution in [0.25, 0.3) is 0 Å². The summed E-state index contributed by atoms with van der Waals surface area (Å²) in [6.45, 7) is 0.542.